The molecule has 2 aromatic heterocycles. The molecule has 9 nitrogen and oxygen atoms in total. The van der Waals surface area contributed by atoms with Crippen LogP contribution in [-0.4, -0.2) is 67.2 Å². The standard InChI is InChI=1S/C16H25N7O2/c1-12(2)23-15(4-5-18-23)20-16(24)13(3)21-6-7-25-14(8-21)9-22-11-17-10-19-22/h4-5,10-14H,6-9H2,1-3H3,(H,20,24)/t13-,14-/m0/s1. The first kappa shape index (κ1) is 17.6. The first-order valence-electron chi connectivity index (χ1n) is 8.57. The van der Waals surface area contributed by atoms with Crippen LogP contribution in [-0.2, 0) is 16.1 Å². The Labute approximate surface area is 147 Å². The van der Waals surface area contributed by atoms with Crippen molar-refractivity contribution < 1.29 is 9.53 Å². The van der Waals surface area contributed by atoms with Gasteiger partial charge in [-0.25, -0.2) is 9.67 Å². The van der Waals surface area contributed by atoms with Crippen LogP contribution in [0.25, 0.3) is 0 Å². The van der Waals surface area contributed by atoms with Crippen molar-refractivity contribution in [2.75, 3.05) is 25.0 Å². The number of carbonyl (C=O) groups is 1. The van der Waals surface area contributed by atoms with Crippen molar-refractivity contribution in [1.29, 1.82) is 0 Å². The molecule has 1 amide bonds. The van der Waals surface area contributed by atoms with Crippen LogP contribution in [0.2, 0.25) is 0 Å². The topological polar surface area (TPSA) is 90.1 Å². The number of nitrogens with zero attached hydrogens (tertiary/aromatic N) is 6. The summed E-state index contributed by atoms with van der Waals surface area (Å²) in [6, 6.07) is 1.76. The number of rotatable bonds is 6. The number of hydrogen-bond donors (Lipinski definition) is 1. The lowest BCUT2D eigenvalue weighted by atomic mass is 10.2. The highest BCUT2D eigenvalue weighted by molar-refractivity contribution is 5.93. The number of amides is 1. The molecule has 1 N–H and O–H groups in total. The first-order chi connectivity index (χ1) is 12.0. The van der Waals surface area contributed by atoms with Crippen LogP contribution < -0.4 is 5.32 Å². The van der Waals surface area contributed by atoms with E-state index in [2.05, 4.69) is 25.4 Å². The van der Waals surface area contributed by atoms with Crippen molar-refractivity contribution >= 4 is 11.7 Å². The van der Waals surface area contributed by atoms with Gasteiger partial charge in [0.2, 0.25) is 5.91 Å². The van der Waals surface area contributed by atoms with Crippen LogP contribution in [0, 0.1) is 0 Å². The van der Waals surface area contributed by atoms with Gasteiger partial charge in [-0.1, -0.05) is 0 Å². The summed E-state index contributed by atoms with van der Waals surface area (Å²) in [5.41, 5.74) is 0. The van der Waals surface area contributed by atoms with Crippen LogP contribution >= 0.6 is 0 Å². The molecule has 2 aromatic rings. The Balaban J connectivity index is 1.58. The normalized spacial score (nSPS) is 19.9. The van der Waals surface area contributed by atoms with Gasteiger partial charge in [-0.15, -0.1) is 0 Å². The summed E-state index contributed by atoms with van der Waals surface area (Å²) < 4.78 is 9.34. The molecule has 0 bridgehead atoms. The van der Waals surface area contributed by atoms with Gasteiger partial charge in [0.25, 0.3) is 0 Å². The van der Waals surface area contributed by atoms with E-state index in [1.165, 1.54) is 6.33 Å². The van der Waals surface area contributed by atoms with Gasteiger partial charge in [0.1, 0.15) is 18.5 Å². The molecule has 0 saturated carbocycles. The molecule has 136 valence electrons. The van der Waals surface area contributed by atoms with E-state index >= 15 is 0 Å². The highest BCUT2D eigenvalue weighted by Crippen LogP contribution is 2.16. The summed E-state index contributed by atoms with van der Waals surface area (Å²) >= 11 is 0. The van der Waals surface area contributed by atoms with Crippen LogP contribution in [0.5, 0.6) is 0 Å². The van der Waals surface area contributed by atoms with Gasteiger partial charge in [0.15, 0.2) is 0 Å². The van der Waals surface area contributed by atoms with Crippen molar-refractivity contribution in [2.24, 2.45) is 0 Å². The number of anilines is 1. The fourth-order valence-electron chi connectivity index (χ4n) is 2.96. The molecule has 0 radical (unpaired) electrons. The highest BCUT2D eigenvalue weighted by atomic mass is 16.5. The second-order valence-electron chi connectivity index (χ2n) is 6.53. The number of hydrogen-bond acceptors (Lipinski definition) is 6. The Bertz CT molecular complexity index is 682. The number of ether oxygens (including phenoxy) is 1. The third kappa shape index (κ3) is 4.23. The zero-order chi connectivity index (χ0) is 17.8. The summed E-state index contributed by atoms with van der Waals surface area (Å²) in [5.74, 6) is 0.683. The van der Waals surface area contributed by atoms with E-state index in [0.29, 0.717) is 19.7 Å². The molecule has 0 unspecified atom stereocenters. The number of carbonyl (C=O) groups excluding carboxylic acids is 1. The van der Waals surface area contributed by atoms with Gasteiger partial charge in [0, 0.05) is 25.2 Å². The fourth-order valence-corrected chi connectivity index (χ4v) is 2.96. The monoisotopic (exact) mass is 347 g/mol. The lowest BCUT2D eigenvalue weighted by Gasteiger charge is -2.36. The van der Waals surface area contributed by atoms with E-state index < -0.39 is 0 Å². The minimum atomic E-state index is -0.252. The predicted molar refractivity (Wildman–Crippen MR) is 92.0 cm³/mol. The van der Waals surface area contributed by atoms with E-state index in [-0.39, 0.29) is 24.1 Å². The van der Waals surface area contributed by atoms with Crippen LogP contribution in [0.3, 0.4) is 0 Å². The highest BCUT2D eigenvalue weighted by Gasteiger charge is 2.28. The van der Waals surface area contributed by atoms with Gasteiger partial charge in [-0.05, 0) is 20.8 Å². The first-order valence-corrected chi connectivity index (χ1v) is 8.57. The number of morpholine rings is 1. The third-order valence-electron chi connectivity index (χ3n) is 4.37. The van der Waals surface area contributed by atoms with Gasteiger partial charge < -0.3 is 10.1 Å². The molecule has 0 aliphatic carbocycles. The van der Waals surface area contributed by atoms with Crippen molar-refractivity contribution in [3.8, 4) is 0 Å². The molecular formula is C16H25N7O2. The second kappa shape index (κ2) is 7.75. The lowest BCUT2D eigenvalue weighted by Crippen LogP contribution is -2.51. The van der Waals surface area contributed by atoms with E-state index in [1.54, 1.807) is 21.9 Å². The van der Waals surface area contributed by atoms with Crippen molar-refractivity contribution in [2.45, 2.75) is 45.5 Å². The Morgan fingerprint density at radius 3 is 2.96 bits per heavy atom. The molecule has 1 fully saturated rings. The predicted octanol–water partition coefficient (Wildman–Crippen LogP) is 0.783. The summed E-state index contributed by atoms with van der Waals surface area (Å²) in [7, 11) is 0. The minimum absolute atomic E-state index is 0.00751. The summed E-state index contributed by atoms with van der Waals surface area (Å²) in [5, 5.41) is 11.3. The molecule has 1 aliphatic rings. The maximum atomic E-state index is 12.6. The van der Waals surface area contributed by atoms with Crippen LogP contribution in [0.4, 0.5) is 5.82 Å². The Hall–Kier alpha value is -2.26. The summed E-state index contributed by atoms with van der Waals surface area (Å²) in [4.78, 5) is 18.7. The minimum Gasteiger partial charge on any atom is -0.374 e. The van der Waals surface area contributed by atoms with Gasteiger partial charge >= 0.3 is 0 Å². The SMILES string of the molecule is CC(C)n1nccc1NC(=O)[C@H](C)N1CCO[C@H](Cn2cncn2)C1. The van der Waals surface area contributed by atoms with Crippen LogP contribution in [0.15, 0.2) is 24.9 Å². The van der Waals surface area contributed by atoms with E-state index in [0.717, 1.165) is 12.4 Å². The molecule has 0 spiro atoms. The molecule has 1 aliphatic heterocycles. The average Bonchev–Trinajstić information content (AvgIpc) is 3.26. The van der Waals surface area contributed by atoms with E-state index in [4.69, 9.17) is 4.74 Å². The van der Waals surface area contributed by atoms with Crippen molar-refractivity contribution in [3.05, 3.63) is 24.9 Å². The third-order valence-corrected chi connectivity index (χ3v) is 4.37. The van der Waals surface area contributed by atoms with Gasteiger partial charge in [-0.2, -0.15) is 10.2 Å². The Morgan fingerprint density at radius 1 is 1.40 bits per heavy atom. The van der Waals surface area contributed by atoms with Gasteiger partial charge in [-0.3, -0.25) is 14.4 Å². The molecule has 1 saturated heterocycles. The van der Waals surface area contributed by atoms with Crippen LogP contribution in [0.1, 0.15) is 26.8 Å². The molecule has 3 heterocycles. The largest absolute Gasteiger partial charge is 0.374 e. The fraction of sp³-hybridized carbons (Fsp3) is 0.625. The van der Waals surface area contributed by atoms with Crippen molar-refractivity contribution in [1.82, 2.24) is 29.4 Å². The molecule has 0 aromatic carbocycles. The summed E-state index contributed by atoms with van der Waals surface area (Å²) in [6.07, 6.45) is 4.87. The molecular weight excluding hydrogens is 322 g/mol. The average molecular weight is 347 g/mol. The molecule has 25 heavy (non-hydrogen) atoms. The maximum absolute atomic E-state index is 12.6. The smallest absolute Gasteiger partial charge is 0.242 e. The Kier molecular flexibility index (Phi) is 5.44. The van der Waals surface area contributed by atoms with E-state index in [9.17, 15) is 4.79 Å². The Morgan fingerprint density at radius 2 is 2.24 bits per heavy atom. The lowest BCUT2D eigenvalue weighted by molar-refractivity contribution is -0.124. The molecule has 3 rings (SSSR count). The summed E-state index contributed by atoms with van der Waals surface area (Å²) in [6.45, 7) is 8.62. The zero-order valence-electron chi connectivity index (χ0n) is 14.9. The van der Waals surface area contributed by atoms with Gasteiger partial charge in [0.05, 0.1) is 31.5 Å². The zero-order valence-corrected chi connectivity index (χ0v) is 14.9. The molecule has 2 atom stereocenters. The molecule has 9 heteroatoms. The number of aromatic nitrogens is 5. The van der Waals surface area contributed by atoms with E-state index in [1.807, 2.05) is 26.8 Å². The van der Waals surface area contributed by atoms with Crippen molar-refractivity contribution in [3.63, 3.8) is 0 Å². The quantitative estimate of drug-likeness (QED) is 0.831. The maximum Gasteiger partial charge on any atom is 0.242 e. The number of nitrogens with one attached hydrogen (secondary N) is 1. The second-order valence-corrected chi connectivity index (χ2v) is 6.53.